The number of nitrogens with zero attached hydrogens (tertiary/aromatic N) is 2. The zero-order chi connectivity index (χ0) is 15.2. The molecule has 1 aliphatic heterocycles. The first kappa shape index (κ1) is 16.9. The maximum atomic E-state index is 6.41. The van der Waals surface area contributed by atoms with Crippen LogP contribution in [0.3, 0.4) is 0 Å². The summed E-state index contributed by atoms with van der Waals surface area (Å²) in [6.07, 6.45) is 3.70. The van der Waals surface area contributed by atoms with E-state index in [2.05, 4.69) is 64.0 Å². The molecule has 2 atom stereocenters. The Kier molecular flexibility index (Phi) is 6.68. The van der Waals surface area contributed by atoms with E-state index in [4.69, 9.17) is 5.73 Å². The number of hydrogen-bond acceptors (Lipinski definition) is 3. The Balaban J connectivity index is 2.04. The second-order valence-electron chi connectivity index (χ2n) is 6.10. The van der Waals surface area contributed by atoms with Crippen molar-refractivity contribution in [1.29, 1.82) is 0 Å². The van der Waals surface area contributed by atoms with Crippen molar-refractivity contribution in [3.05, 3.63) is 34.3 Å². The van der Waals surface area contributed by atoms with E-state index in [-0.39, 0.29) is 12.1 Å². The van der Waals surface area contributed by atoms with Crippen LogP contribution in [0.15, 0.2) is 28.7 Å². The van der Waals surface area contributed by atoms with Gasteiger partial charge < -0.3 is 10.6 Å². The first-order chi connectivity index (χ1) is 10.1. The molecule has 21 heavy (non-hydrogen) atoms. The molecule has 1 saturated heterocycles. The summed E-state index contributed by atoms with van der Waals surface area (Å²) in [5, 5.41) is 0. The number of nitrogens with two attached hydrogens (primary N) is 1. The minimum atomic E-state index is 0.169. The lowest BCUT2D eigenvalue weighted by Gasteiger charge is -2.34. The summed E-state index contributed by atoms with van der Waals surface area (Å²) in [7, 11) is 2.21. The van der Waals surface area contributed by atoms with Gasteiger partial charge in [-0.1, -0.05) is 35.0 Å². The van der Waals surface area contributed by atoms with E-state index in [1.54, 1.807) is 0 Å². The summed E-state index contributed by atoms with van der Waals surface area (Å²) in [5.41, 5.74) is 7.72. The quantitative estimate of drug-likeness (QED) is 0.816. The number of likely N-dealkylation sites (N-methyl/N-ethyl adjacent to an activating group) is 1. The maximum Gasteiger partial charge on any atom is 0.0497 e. The van der Waals surface area contributed by atoms with Crippen molar-refractivity contribution < 1.29 is 0 Å². The lowest BCUT2D eigenvalue weighted by Crippen LogP contribution is -2.42. The van der Waals surface area contributed by atoms with Crippen LogP contribution >= 0.6 is 15.9 Å². The molecule has 1 fully saturated rings. The molecule has 0 aromatic heterocycles. The third kappa shape index (κ3) is 4.78. The summed E-state index contributed by atoms with van der Waals surface area (Å²) in [4.78, 5) is 4.99. The molecule has 0 bridgehead atoms. The van der Waals surface area contributed by atoms with E-state index in [1.807, 2.05) is 0 Å². The van der Waals surface area contributed by atoms with Gasteiger partial charge in [0.1, 0.15) is 0 Å². The fourth-order valence-electron chi connectivity index (χ4n) is 3.19. The average Bonchev–Trinajstić information content (AvgIpc) is 2.98. The molecular weight excluding hydrogens is 326 g/mol. The second kappa shape index (κ2) is 8.28. The molecule has 3 nitrogen and oxygen atoms in total. The molecule has 0 aliphatic carbocycles. The Morgan fingerprint density at radius 1 is 1.33 bits per heavy atom. The van der Waals surface area contributed by atoms with Crippen LogP contribution in [0.4, 0.5) is 0 Å². The van der Waals surface area contributed by atoms with Crippen molar-refractivity contribution in [3.8, 4) is 0 Å². The highest BCUT2D eigenvalue weighted by Gasteiger charge is 2.24. The Labute approximate surface area is 137 Å². The van der Waals surface area contributed by atoms with E-state index in [9.17, 15) is 0 Å². The van der Waals surface area contributed by atoms with Crippen LogP contribution in [-0.2, 0) is 0 Å². The molecule has 2 rings (SSSR count). The lowest BCUT2D eigenvalue weighted by molar-refractivity contribution is 0.182. The Hall–Kier alpha value is -0.420. The van der Waals surface area contributed by atoms with Gasteiger partial charge in [0.25, 0.3) is 0 Å². The number of likely N-dealkylation sites (tertiary alicyclic amines) is 1. The Morgan fingerprint density at radius 3 is 2.67 bits per heavy atom. The summed E-state index contributed by atoms with van der Waals surface area (Å²) >= 11 is 3.58. The Morgan fingerprint density at radius 2 is 2.05 bits per heavy atom. The second-order valence-corrected chi connectivity index (χ2v) is 7.02. The van der Waals surface area contributed by atoms with Crippen molar-refractivity contribution in [2.24, 2.45) is 5.73 Å². The highest BCUT2D eigenvalue weighted by Crippen LogP contribution is 2.26. The number of benzene rings is 1. The van der Waals surface area contributed by atoms with Gasteiger partial charge in [-0.3, -0.25) is 4.90 Å². The zero-order valence-corrected chi connectivity index (χ0v) is 14.8. The number of halogens is 1. The van der Waals surface area contributed by atoms with Crippen molar-refractivity contribution in [2.75, 3.05) is 33.2 Å². The van der Waals surface area contributed by atoms with Gasteiger partial charge >= 0.3 is 0 Å². The minimum absolute atomic E-state index is 0.169. The molecule has 118 valence electrons. The SMILES string of the molecule is CCC(N)C(c1cccc(Br)c1)N(C)CCN1CCCC1. The molecule has 4 heteroatoms. The van der Waals surface area contributed by atoms with Crippen LogP contribution < -0.4 is 5.73 Å². The van der Waals surface area contributed by atoms with Crippen LogP contribution in [0.5, 0.6) is 0 Å². The normalized spacial score (nSPS) is 19.1. The van der Waals surface area contributed by atoms with Crippen molar-refractivity contribution in [1.82, 2.24) is 9.80 Å². The Bertz CT molecular complexity index is 432. The van der Waals surface area contributed by atoms with Gasteiger partial charge in [-0.05, 0) is 57.1 Å². The predicted octanol–water partition coefficient (Wildman–Crippen LogP) is 3.26. The minimum Gasteiger partial charge on any atom is -0.326 e. The molecule has 2 N–H and O–H groups in total. The van der Waals surface area contributed by atoms with Crippen LogP contribution in [-0.4, -0.2) is 49.1 Å². The maximum absolute atomic E-state index is 6.41. The third-order valence-corrected chi connectivity index (χ3v) is 5.00. The van der Waals surface area contributed by atoms with Crippen LogP contribution in [0, 0.1) is 0 Å². The highest BCUT2D eigenvalue weighted by molar-refractivity contribution is 9.10. The van der Waals surface area contributed by atoms with Gasteiger partial charge in [0.15, 0.2) is 0 Å². The number of hydrogen-bond donors (Lipinski definition) is 1. The molecule has 0 amide bonds. The predicted molar refractivity (Wildman–Crippen MR) is 93.5 cm³/mol. The van der Waals surface area contributed by atoms with Gasteiger partial charge in [-0.15, -0.1) is 0 Å². The summed E-state index contributed by atoms with van der Waals surface area (Å²) in [6, 6.07) is 9.02. The van der Waals surface area contributed by atoms with Crippen LogP contribution in [0.2, 0.25) is 0 Å². The van der Waals surface area contributed by atoms with Crippen LogP contribution in [0.1, 0.15) is 37.8 Å². The molecule has 1 aromatic rings. The standard InChI is InChI=1S/C17H28BrN3/c1-3-16(19)17(14-7-6-8-15(18)13-14)20(2)11-12-21-9-4-5-10-21/h6-8,13,16-17H,3-5,9-12,19H2,1-2H3. The van der Waals surface area contributed by atoms with Crippen molar-refractivity contribution in [3.63, 3.8) is 0 Å². The molecule has 0 radical (unpaired) electrons. The van der Waals surface area contributed by atoms with Gasteiger partial charge in [0.05, 0.1) is 0 Å². The molecule has 2 unspecified atom stereocenters. The van der Waals surface area contributed by atoms with Gasteiger partial charge in [0.2, 0.25) is 0 Å². The van der Waals surface area contributed by atoms with Gasteiger partial charge in [-0.2, -0.15) is 0 Å². The fourth-order valence-corrected chi connectivity index (χ4v) is 3.60. The highest BCUT2D eigenvalue weighted by atomic mass is 79.9. The van der Waals surface area contributed by atoms with E-state index in [0.29, 0.717) is 0 Å². The smallest absolute Gasteiger partial charge is 0.0497 e. The summed E-state index contributed by atoms with van der Waals surface area (Å²) in [5.74, 6) is 0. The lowest BCUT2D eigenvalue weighted by atomic mass is 9.96. The monoisotopic (exact) mass is 353 g/mol. The third-order valence-electron chi connectivity index (χ3n) is 4.51. The first-order valence-electron chi connectivity index (χ1n) is 8.05. The number of rotatable bonds is 7. The largest absolute Gasteiger partial charge is 0.326 e. The molecule has 1 heterocycles. The fraction of sp³-hybridized carbons (Fsp3) is 0.647. The summed E-state index contributed by atoms with van der Waals surface area (Å²) in [6.45, 7) is 6.91. The molecule has 0 saturated carbocycles. The first-order valence-corrected chi connectivity index (χ1v) is 8.84. The van der Waals surface area contributed by atoms with Crippen molar-refractivity contribution >= 4 is 15.9 Å². The molecule has 1 aliphatic rings. The molecule has 1 aromatic carbocycles. The summed E-state index contributed by atoms with van der Waals surface area (Å²) < 4.78 is 1.13. The van der Waals surface area contributed by atoms with Crippen LogP contribution in [0.25, 0.3) is 0 Å². The van der Waals surface area contributed by atoms with E-state index in [0.717, 1.165) is 24.0 Å². The van der Waals surface area contributed by atoms with Gasteiger partial charge in [0, 0.05) is 29.6 Å². The van der Waals surface area contributed by atoms with E-state index < -0.39 is 0 Å². The average molecular weight is 354 g/mol. The van der Waals surface area contributed by atoms with E-state index in [1.165, 1.54) is 31.5 Å². The molecule has 0 spiro atoms. The van der Waals surface area contributed by atoms with Gasteiger partial charge in [-0.25, -0.2) is 0 Å². The van der Waals surface area contributed by atoms with Crippen molar-refractivity contribution in [2.45, 2.75) is 38.3 Å². The topological polar surface area (TPSA) is 32.5 Å². The molecular formula is C17H28BrN3. The zero-order valence-electron chi connectivity index (χ0n) is 13.3. The van der Waals surface area contributed by atoms with E-state index >= 15 is 0 Å².